The Balaban J connectivity index is 2.76. The first kappa shape index (κ1) is 6.34. The lowest BCUT2D eigenvalue weighted by Crippen LogP contribution is -1.95. The molecule has 0 spiro atoms. The summed E-state index contributed by atoms with van der Waals surface area (Å²) in [7, 11) is 0. The molecule has 3 heteroatoms. The molecule has 0 aliphatic heterocycles. The second-order valence-corrected chi connectivity index (χ2v) is 2.42. The van der Waals surface area contributed by atoms with E-state index in [-0.39, 0.29) is 0 Å². The highest BCUT2D eigenvalue weighted by molar-refractivity contribution is 5.45. The summed E-state index contributed by atoms with van der Waals surface area (Å²) in [4.78, 5) is 3.93. The van der Waals surface area contributed by atoms with Crippen molar-refractivity contribution in [2.75, 3.05) is 0 Å². The van der Waals surface area contributed by atoms with E-state index in [2.05, 4.69) is 23.1 Å². The molecule has 2 aromatic rings. The number of aromatic nitrogens is 3. The van der Waals surface area contributed by atoms with Crippen molar-refractivity contribution < 1.29 is 0 Å². The zero-order valence-electron chi connectivity index (χ0n) is 6.36. The van der Waals surface area contributed by atoms with Crippen molar-refractivity contribution in [1.82, 2.24) is 14.6 Å². The number of fused-ring (bicyclic) bond motifs is 1. The summed E-state index contributed by atoms with van der Waals surface area (Å²) in [5.74, 6) is 0. The molecule has 0 N–H and O–H groups in total. The van der Waals surface area contributed by atoms with E-state index in [4.69, 9.17) is 0 Å². The van der Waals surface area contributed by atoms with E-state index >= 15 is 0 Å². The van der Waals surface area contributed by atoms with Crippen molar-refractivity contribution in [2.24, 2.45) is 0 Å². The van der Waals surface area contributed by atoms with Crippen LogP contribution in [0.25, 0.3) is 5.52 Å². The van der Waals surface area contributed by atoms with Crippen molar-refractivity contribution in [3.63, 3.8) is 0 Å². The summed E-state index contributed by atoms with van der Waals surface area (Å²) in [6.45, 7) is 2.11. The molecule has 2 rings (SSSR count). The SMILES string of the molecule is CCc1ccc2cncnn12. The first-order valence-electron chi connectivity index (χ1n) is 3.68. The van der Waals surface area contributed by atoms with Gasteiger partial charge in [0.15, 0.2) is 0 Å². The Morgan fingerprint density at radius 3 is 3.18 bits per heavy atom. The van der Waals surface area contributed by atoms with Gasteiger partial charge in [0.2, 0.25) is 0 Å². The molecule has 0 aromatic carbocycles. The summed E-state index contributed by atoms with van der Waals surface area (Å²) in [5.41, 5.74) is 2.28. The van der Waals surface area contributed by atoms with Crippen LogP contribution >= 0.6 is 0 Å². The van der Waals surface area contributed by atoms with Crippen molar-refractivity contribution in [3.8, 4) is 0 Å². The van der Waals surface area contributed by atoms with Gasteiger partial charge < -0.3 is 0 Å². The summed E-state index contributed by atoms with van der Waals surface area (Å²) in [6, 6.07) is 4.10. The summed E-state index contributed by atoms with van der Waals surface area (Å²) in [6.07, 6.45) is 4.38. The van der Waals surface area contributed by atoms with E-state index in [0.29, 0.717) is 0 Å². The summed E-state index contributed by atoms with van der Waals surface area (Å²) in [5, 5.41) is 4.12. The molecule has 0 saturated carbocycles. The van der Waals surface area contributed by atoms with Crippen LogP contribution in [0.5, 0.6) is 0 Å². The van der Waals surface area contributed by atoms with Gasteiger partial charge in [-0.3, -0.25) is 0 Å². The van der Waals surface area contributed by atoms with Gasteiger partial charge in [-0.15, -0.1) is 0 Å². The zero-order chi connectivity index (χ0) is 7.68. The number of hydrogen-bond donors (Lipinski definition) is 0. The minimum Gasteiger partial charge on any atom is -0.241 e. The highest BCUT2D eigenvalue weighted by atomic mass is 15.2. The third-order valence-electron chi connectivity index (χ3n) is 1.77. The van der Waals surface area contributed by atoms with Gasteiger partial charge in [0.1, 0.15) is 6.33 Å². The molecule has 0 atom stereocenters. The fourth-order valence-electron chi connectivity index (χ4n) is 1.19. The third-order valence-corrected chi connectivity index (χ3v) is 1.77. The average molecular weight is 147 g/mol. The summed E-state index contributed by atoms with van der Waals surface area (Å²) < 4.78 is 1.91. The largest absolute Gasteiger partial charge is 0.241 e. The first-order chi connectivity index (χ1) is 5.42. The maximum Gasteiger partial charge on any atom is 0.136 e. The van der Waals surface area contributed by atoms with Crippen LogP contribution in [0.4, 0.5) is 0 Å². The van der Waals surface area contributed by atoms with Gasteiger partial charge in [-0.2, -0.15) is 5.10 Å². The number of rotatable bonds is 1. The molecule has 2 heterocycles. The fraction of sp³-hybridized carbons (Fsp3) is 0.250. The molecule has 3 nitrogen and oxygen atoms in total. The molecular formula is C8H9N3. The number of aryl methyl sites for hydroxylation is 1. The lowest BCUT2D eigenvalue weighted by molar-refractivity contribution is 0.838. The van der Waals surface area contributed by atoms with Gasteiger partial charge in [-0.25, -0.2) is 9.50 Å². The minimum absolute atomic E-state index is 1.01. The third kappa shape index (κ3) is 0.888. The maximum atomic E-state index is 4.12. The molecule has 2 aromatic heterocycles. The molecule has 0 unspecified atom stereocenters. The molecule has 56 valence electrons. The molecule has 0 saturated heterocycles. The van der Waals surface area contributed by atoms with E-state index in [1.54, 1.807) is 6.33 Å². The maximum absolute atomic E-state index is 4.12. The molecule has 0 aliphatic rings. The number of hydrogen-bond acceptors (Lipinski definition) is 2. The van der Waals surface area contributed by atoms with Gasteiger partial charge in [-0.05, 0) is 18.6 Å². The van der Waals surface area contributed by atoms with E-state index in [1.165, 1.54) is 5.69 Å². The highest BCUT2D eigenvalue weighted by Gasteiger charge is 1.97. The Kier molecular flexibility index (Phi) is 1.35. The molecular weight excluding hydrogens is 138 g/mol. The lowest BCUT2D eigenvalue weighted by atomic mass is 10.3. The van der Waals surface area contributed by atoms with Crippen LogP contribution in [-0.2, 0) is 6.42 Å². The quantitative estimate of drug-likeness (QED) is 0.608. The predicted molar refractivity (Wildman–Crippen MR) is 42.4 cm³/mol. The van der Waals surface area contributed by atoms with Crippen molar-refractivity contribution in [3.05, 3.63) is 30.4 Å². The Labute approximate surface area is 64.7 Å². The van der Waals surface area contributed by atoms with Gasteiger partial charge in [0, 0.05) is 5.69 Å². The Bertz CT molecular complexity index is 364. The van der Waals surface area contributed by atoms with Crippen LogP contribution in [0, 0.1) is 0 Å². The standard InChI is InChI=1S/C8H9N3/c1-2-7-3-4-8-5-9-6-10-11(7)8/h3-6H,2H2,1H3. The molecule has 0 fully saturated rings. The Hall–Kier alpha value is -1.38. The topological polar surface area (TPSA) is 30.2 Å². The monoisotopic (exact) mass is 147 g/mol. The Morgan fingerprint density at radius 1 is 1.45 bits per heavy atom. The average Bonchev–Trinajstić information content (AvgIpc) is 2.47. The second-order valence-electron chi connectivity index (χ2n) is 2.42. The molecule has 0 bridgehead atoms. The first-order valence-corrected chi connectivity index (χ1v) is 3.68. The smallest absolute Gasteiger partial charge is 0.136 e. The van der Waals surface area contributed by atoms with Crippen LogP contribution in [0.15, 0.2) is 24.7 Å². The number of nitrogens with zero attached hydrogens (tertiary/aromatic N) is 3. The van der Waals surface area contributed by atoms with Crippen LogP contribution in [0.3, 0.4) is 0 Å². The highest BCUT2D eigenvalue weighted by Crippen LogP contribution is 2.06. The normalized spacial score (nSPS) is 10.6. The van der Waals surface area contributed by atoms with Gasteiger partial charge in [-0.1, -0.05) is 6.92 Å². The minimum atomic E-state index is 1.01. The van der Waals surface area contributed by atoms with E-state index in [1.807, 2.05) is 16.8 Å². The molecule has 0 aliphatic carbocycles. The van der Waals surface area contributed by atoms with Gasteiger partial charge in [0.05, 0.1) is 11.7 Å². The molecule has 0 amide bonds. The van der Waals surface area contributed by atoms with Crippen LogP contribution in [-0.4, -0.2) is 14.6 Å². The van der Waals surface area contributed by atoms with Crippen LogP contribution in [0.1, 0.15) is 12.6 Å². The second kappa shape index (κ2) is 2.34. The lowest BCUT2D eigenvalue weighted by Gasteiger charge is -1.95. The fourth-order valence-corrected chi connectivity index (χ4v) is 1.19. The Morgan fingerprint density at radius 2 is 2.36 bits per heavy atom. The van der Waals surface area contributed by atoms with Crippen molar-refractivity contribution in [2.45, 2.75) is 13.3 Å². The van der Waals surface area contributed by atoms with Gasteiger partial charge >= 0.3 is 0 Å². The van der Waals surface area contributed by atoms with Crippen LogP contribution < -0.4 is 0 Å². The van der Waals surface area contributed by atoms with E-state index in [0.717, 1.165) is 11.9 Å². The van der Waals surface area contributed by atoms with Crippen molar-refractivity contribution in [1.29, 1.82) is 0 Å². The molecule has 11 heavy (non-hydrogen) atoms. The molecule has 0 radical (unpaired) electrons. The van der Waals surface area contributed by atoms with E-state index in [9.17, 15) is 0 Å². The van der Waals surface area contributed by atoms with Crippen LogP contribution in [0.2, 0.25) is 0 Å². The summed E-state index contributed by atoms with van der Waals surface area (Å²) >= 11 is 0. The predicted octanol–water partition coefficient (Wildman–Crippen LogP) is 1.29. The van der Waals surface area contributed by atoms with Crippen molar-refractivity contribution >= 4 is 5.52 Å². The zero-order valence-corrected chi connectivity index (χ0v) is 6.36. The van der Waals surface area contributed by atoms with E-state index < -0.39 is 0 Å². The van der Waals surface area contributed by atoms with Gasteiger partial charge in [0.25, 0.3) is 0 Å².